The Balaban J connectivity index is 0.00000400. The zero-order valence-electron chi connectivity index (χ0n) is 13.6. The molecule has 2 atom stereocenters. The molecule has 0 aromatic carbocycles. The first-order valence-corrected chi connectivity index (χ1v) is 7.65. The first kappa shape index (κ1) is 20.2. The van der Waals surface area contributed by atoms with Gasteiger partial charge in [0.15, 0.2) is 0 Å². The molecule has 0 aliphatic carbocycles. The second-order valence-corrected chi connectivity index (χ2v) is 6.57. The maximum absolute atomic E-state index is 12.6. The van der Waals surface area contributed by atoms with Crippen LogP contribution in [0.4, 0.5) is 0 Å². The van der Waals surface area contributed by atoms with Crippen molar-refractivity contribution in [2.24, 2.45) is 17.6 Å². The van der Waals surface area contributed by atoms with Crippen LogP contribution in [0, 0.1) is 11.8 Å². The molecule has 0 spiro atoms. The van der Waals surface area contributed by atoms with Gasteiger partial charge in [-0.15, -0.1) is 12.4 Å². The highest BCUT2D eigenvalue weighted by Crippen LogP contribution is 2.13. The first-order chi connectivity index (χ1) is 9.31. The summed E-state index contributed by atoms with van der Waals surface area (Å²) < 4.78 is 0. The molecule has 1 saturated heterocycles. The summed E-state index contributed by atoms with van der Waals surface area (Å²) in [4.78, 5) is 26.3. The molecule has 1 rings (SSSR count). The summed E-state index contributed by atoms with van der Waals surface area (Å²) in [5.41, 5.74) is 5.93. The molecule has 0 aromatic rings. The molecular weight excluding hydrogens is 290 g/mol. The molecule has 3 N–H and O–H groups in total. The zero-order valence-corrected chi connectivity index (χ0v) is 14.4. The molecule has 0 bridgehead atoms. The van der Waals surface area contributed by atoms with Crippen LogP contribution in [0.1, 0.15) is 47.0 Å². The predicted octanol–water partition coefficient (Wildman–Crippen LogP) is 1.54. The maximum atomic E-state index is 12.6. The second kappa shape index (κ2) is 9.26. The number of amides is 2. The van der Waals surface area contributed by atoms with Crippen LogP contribution in [0.5, 0.6) is 0 Å². The van der Waals surface area contributed by atoms with Gasteiger partial charge in [-0.1, -0.05) is 27.7 Å². The maximum Gasteiger partial charge on any atom is 0.245 e. The fourth-order valence-corrected chi connectivity index (χ4v) is 2.52. The van der Waals surface area contributed by atoms with E-state index in [4.69, 9.17) is 5.73 Å². The van der Waals surface area contributed by atoms with Crippen molar-refractivity contribution in [3.63, 3.8) is 0 Å². The number of hydrogen-bond donors (Lipinski definition) is 2. The summed E-state index contributed by atoms with van der Waals surface area (Å²) in [7, 11) is 0. The van der Waals surface area contributed by atoms with Crippen LogP contribution in [0.25, 0.3) is 0 Å². The Bertz CT molecular complexity index is 348. The van der Waals surface area contributed by atoms with E-state index in [1.807, 2.05) is 27.7 Å². The van der Waals surface area contributed by atoms with Crippen LogP contribution in [0.2, 0.25) is 0 Å². The van der Waals surface area contributed by atoms with Crippen LogP contribution < -0.4 is 11.1 Å². The van der Waals surface area contributed by atoms with Gasteiger partial charge in [0.2, 0.25) is 11.8 Å². The molecule has 5 nitrogen and oxygen atoms in total. The van der Waals surface area contributed by atoms with Crippen molar-refractivity contribution in [2.45, 2.75) is 59.0 Å². The molecule has 21 heavy (non-hydrogen) atoms. The Morgan fingerprint density at radius 1 is 1.29 bits per heavy atom. The van der Waals surface area contributed by atoms with Gasteiger partial charge < -0.3 is 16.0 Å². The van der Waals surface area contributed by atoms with Gasteiger partial charge in [0.25, 0.3) is 0 Å². The van der Waals surface area contributed by atoms with Crippen LogP contribution in [0.3, 0.4) is 0 Å². The molecule has 1 heterocycles. The number of nitrogens with zero attached hydrogens (tertiary/aromatic N) is 1. The Kier molecular flexibility index (Phi) is 8.90. The van der Waals surface area contributed by atoms with Crippen molar-refractivity contribution in [3.8, 4) is 0 Å². The summed E-state index contributed by atoms with van der Waals surface area (Å²) in [5.74, 6) is 0.332. The van der Waals surface area contributed by atoms with E-state index in [-0.39, 0.29) is 36.2 Å². The number of piperidine rings is 1. The largest absolute Gasteiger partial charge is 0.344 e. The molecule has 2 unspecified atom stereocenters. The Labute approximate surface area is 134 Å². The highest BCUT2D eigenvalue weighted by atomic mass is 35.5. The van der Waals surface area contributed by atoms with E-state index < -0.39 is 6.04 Å². The van der Waals surface area contributed by atoms with E-state index in [0.29, 0.717) is 18.9 Å². The van der Waals surface area contributed by atoms with Gasteiger partial charge in [-0.05, 0) is 24.7 Å². The number of likely N-dealkylation sites (tertiary alicyclic amines) is 1. The number of carbonyl (C=O) groups is 2. The Morgan fingerprint density at radius 3 is 2.38 bits per heavy atom. The molecule has 0 radical (unpaired) electrons. The van der Waals surface area contributed by atoms with E-state index in [9.17, 15) is 9.59 Å². The third kappa shape index (κ3) is 6.66. The Hall–Kier alpha value is -0.810. The number of halogens is 1. The average molecular weight is 320 g/mol. The van der Waals surface area contributed by atoms with Gasteiger partial charge in [0, 0.05) is 25.6 Å². The third-order valence-electron chi connectivity index (χ3n) is 3.61. The minimum Gasteiger partial charge on any atom is -0.344 e. The third-order valence-corrected chi connectivity index (χ3v) is 3.61. The lowest BCUT2D eigenvalue weighted by Crippen LogP contribution is -2.55. The molecule has 1 aliphatic rings. The SMILES string of the molecule is CC(C)CC(=O)NC(C(=O)N1CCCC(N)C1)C(C)C.Cl. The number of carbonyl (C=O) groups excluding carboxylic acids is 2. The van der Waals surface area contributed by atoms with E-state index in [0.717, 1.165) is 19.4 Å². The van der Waals surface area contributed by atoms with E-state index >= 15 is 0 Å². The van der Waals surface area contributed by atoms with E-state index in [2.05, 4.69) is 5.32 Å². The van der Waals surface area contributed by atoms with Gasteiger partial charge in [0.05, 0.1) is 0 Å². The fourth-order valence-electron chi connectivity index (χ4n) is 2.52. The topological polar surface area (TPSA) is 75.4 Å². The summed E-state index contributed by atoms with van der Waals surface area (Å²) in [6.45, 7) is 9.26. The van der Waals surface area contributed by atoms with Crippen LogP contribution in [-0.2, 0) is 9.59 Å². The summed E-state index contributed by atoms with van der Waals surface area (Å²) in [5, 5.41) is 2.89. The van der Waals surface area contributed by atoms with Crippen LogP contribution in [-0.4, -0.2) is 41.9 Å². The lowest BCUT2D eigenvalue weighted by molar-refractivity contribution is -0.138. The summed E-state index contributed by atoms with van der Waals surface area (Å²) in [6.07, 6.45) is 2.36. The van der Waals surface area contributed by atoms with E-state index in [1.165, 1.54) is 0 Å². The molecule has 0 saturated carbocycles. The quantitative estimate of drug-likeness (QED) is 0.807. The van der Waals surface area contributed by atoms with Crippen molar-refractivity contribution in [3.05, 3.63) is 0 Å². The van der Waals surface area contributed by atoms with Crippen molar-refractivity contribution in [2.75, 3.05) is 13.1 Å². The lowest BCUT2D eigenvalue weighted by Gasteiger charge is -2.34. The average Bonchev–Trinajstić information content (AvgIpc) is 2.34. The zero-order chi connectivity index (χ0) is 15.3. The minimum atomic E-state index is -0.438. The Morgan fingerprint density at radius 2 is 1.90 bits per heavy atom. The summed E-state index contributed by atoms with van der Waals surface area (Å²) in [6, 6.07) is -0.376. The van der Waals surface area contributed by atoms with Gasteiger partial charge >= 0.3 is 0 Å². The number of rotatable bonds is 5. The van der Waals surface area contributed by atoms with Crippen molar-refractivity contribution in [1.29, 1.82) is 0 Å². The van der Waals surface area contributed by atoms with Gasteiger partial charge in [0.1, 0.15) is 6.04 Å². The highest BCUT2D eigenvalue weighted by Gasteiger charge is 2.30. The molecule has 1 aliphatic heterocycles. The van der Waals surface area contributed by atoms with Crippen LogP contribution >= 0.6 is 12.4 Å². The number of nitrogens with one attached hydrogen (secondary N) is 1. The molecule has 1 fully saturated rings. The number of hydrogen-bond acceptors (Lipinski definition) is 3. The molecule has 2 amide bonds. The molecule has 0 aromatic heterocycles. The molecule has 124 valence electrons. The minimum absolute atomic E-state index is 0. The van der Waals surface area contributed by atoms with Gasteiger partial charge in [-0.25, -0.2) is 0 Å². The van der Waals surface area contributed by atoms with Crippen molar-refractivity contribution >= 4 is 24.2 Å². The smallest absolute Gasteiger partial charge is 0.245 e. The molecule has 6 heteroatoms. The fraction of sp³-hybridized carbons (Fsp3) is 0.867. The van der Waals surface area contributed by atoms with Crippen molar-refractivity contribution < 1.29 is 9.59 Å². The monoisotopic (exact) mass is 319 g/mol. The second-order valence-electron chi connectivity index (χ2n) is 6.57. The van der Waals surface area contributed by atoms with E-state index in [1.54, 1.807) is 4.90 Å². The molecular formula is C15H30ClN3O2. The first-order valence-electron chi connectivity index (χ1n) is 7.65. The normalized spacial score (nSPS) is 20.1. The van der Waals surface area contributed by atoms with Crippen molar-refractivity contribution in [1.82, 2.24) is 10.2 Å². The van der Waals surface area contributed by atoms with Gasteiger partial charge in [-0.3, -0.25) is 9.59 Å². The highest BCUT2D eigenvalue weighted by molar-refractivity contribution is 5.88. The van der Waals surface area contributed by atoms with Gasteiger partial charge in [-0.2, -0.15) is 0 Å². The summed E-state index contributed by atoms with van der Waals surface area (Å²) >= 11 is 0. The predicted molar refractivity (Wildman–Crippen MR) is 87.3 cm³/mol. The van der Waals surface area contributed by atoms with Crippen LogP contribution in [0.15, 0.2) is 0 Å². The standard InChI is InChI=1S/C15H29N3O2.ClH/c1-10(2)8-13(19)17-14(11(3)4)15(20)18-7-5-6-12(16)9-18;/h10-12,14H,5-9,16H2,1-4H3,(H,17,19);1H. The number of nitrogens with two attached hydrogens (primary N) is 1. The lowest BCUT2D eigenvalue weighted by atomic mass is 9.99.